The monoisotopic (exact) mass is 1320 g/mol. The first-order chi connectivity index (χ1) is 42.1. The lowest BCUT2D eigenvalue weighted by Crippen LogP contribution is -2.31. The van der Waals surface area contributed by atoms with Crippen LogP contribution < -0.4 is 16.4 Å². The molecule has 6 aromatic rings. The lowest BCUT2D eigenvalue weighted by Gasteiger charge is -2.04. The van der Waals surface area contributed by atoms with E-state index in [1.807, 2.05) is 28.1 Å². The average Bonchev–Trinajstić information content (AvgIpc) is 4.26. The highest BCUT2D eigenvalue weighted by Crippen LogP contribution is 2.12. The normalized spacial score (nSPS) is 10.7. The lowest BCUT2D eigenvalue weighted by atomic mass is 10.1. The molecule has 0 radical (unpaired) electrons. The lowest BCUT2D eigenvalue weighted by molar-refractivity contribution is 0.482. The molecule has 91 heavy (non-hydrogen) atoms. The number of hydrogen-bond acceptors (Lipinski definition) is 15. The fraction of sp³-hybridized carbons (Fsp3) is 0.778. The topological polar surface area (TPSA) is 217 Å². The van der Waals surface area contributed by atoms with E-state index in [1.165, 1.54) is 35.3 Å². The number of allylic oxidation sites excluding steroid dienone is 1. The number of nitrogens with zero attached hydrogens (tertiary/aromatic N) is 11. The van der Waals surface area contributed by atoms with Crippen molar-refractivity contribution < 1.29 is 0 Å². The molecular weight excluding hydrogens is 1170 g/mol. The minimum absolute atomic E-state index is 0.645. The maximum Gasteiger partial charge on any atom is 0.137 e. The number of aromatic nitrogens is 14. The molecule has 534 valence electrons. The SMILES string of the molecule is CC(C)C.CC(C)C.CC(C)C.CC(C)C.CC(C)C.CC(C)C.CC(C)C.CC(C)CC1=CNNN1.CC(C)Cc1cn[nH]n1.CC(C)Cc1cncs1.CC(C)Cc1cscn1.CC(C)Cc1ncn[nH]1.CC(C)Cc1ncn[nH]1.CC(C)Cn1cncn1. The number of rotatable bonds is 14. The van der Waals surface area contributed by atoms with E-state index in [1.54, 1.807) is 41.5 Å². The van der Waals surface area contributed by atoms with Crippen LogP contribution >= 0.6 is 22.7 Å². The molecule has 0 aliphatic carbocycles. The Balaban J connectivity index is -0.000000170. The average molecular weight is 1320 g/mol. The van der Waals surface area contributed by atoms with Gasteiger partial charge in [0.1, 0.15) is 37.0 Å². The molecule has 17 nitrogen and oxygen atoms in total. The summed E-state index contributed by atoms with van der Waals surface area (Å²) in [4.78, 5) is 21.4. The van der Waals surface area contributed by atoms with Crippen molar-refractivity contribution in [2.45, 2.75) is 287 Å². The second-order valence-corrected chi connectivity index (χ2v) is 31.8. The van der Waals surface area contributed by atoms with Gasteiger partial charge in [-0.3, -0.25) is 19.9 Å². The molecule has 7 heterocycles. The van der Waals surface area contributed by atoms with E-state index >= 15 is 0 Å². The maximum absolute atomic E-state index is 4.17. The second kappa shape index (κ2) is 69.5. The largest absolute Gasteiger partial charge is 0.310 e. The molecule has 7 rings (SSSR count). The molecule has 0 saturated heterocycles. The van der Waals surface area contributed by atoms with Crippen LogP contribution in [0.25, 0.3) is 0 Å². The zero-order valence-corrected chi connectivity index (χ0v) is 67.2. The maximum atomic E-state index is 4.17. The van der Waals surface area contributed by atoms with Gasteiger partial charge in [0.2, 0.25) is 0 Å². The standard InChI is InChI=1S/2C7H11NS.3C6H11N3.C6H13N3.C6H11N3.7C4H10/c1-6(2)3-7-4-9-5-8-7;1-6(2)3-7-4-8-5-9-7;1-6(2)3-9-5-7-4-8-9;2*1-5(2)3-6-7-4-8-9-6;2*1-5(2)3-6-4-7-9-8-6;7*1-4(2)3/h3*4-6H,3H2,1-2H3;2*4-5H,3H2,1-2H3,(H,7,8,9);4-5,7-9H,3H2,1-2H3;4-5H,3H2,1-2H3,(H,7,8,9);7*4H,1-3H3. The summed E-state index contributed by atoms with van der Waals surface area (Å²) in [5, 5.41) is 29.4. The van der Waals surface area contributed by atoms with Gasteiger partial charge >= 0.3 is 0 Å². The summed E-state index contributed by atoms with van der Waals surface area (Å²) in [6.45, 7) is 77.0. The highest BCUT2D eigenvalue weighted by Gasteiger charge is 2.04. The molecule has 0 unspecified atom stereocenters. The van der Waals surface area contributed by atoms with Gasteiger partial charge < -0.3 is 10.9 Å². The molecule has 1 aliphatic heterocycles. The molecule has 0 bridgehead atoms. The van der Waals surface area contributed by atoms with Crippen molar-refractivity contribution in [3.63, 3.8) is 0 Å². The summed E-state index contributed by atoms with van der Waals surface area (Å²) in [5.41, 5.74) is 15.9. The van der Waals surface area contributed by atoms with Gasteiger partial charge in [-0.2, -0.15) is 36.2 Å². The van der Waals surface area contributed by atoms with E-state index in [0.717, 1.165) is 109 Å². The van der Waals surface area contributed by atoms with E-state index in [2.05, 4.69) is 330 Å². The number of thiazole rings is 2. The van der Waals surface area contributed by atoms with Gasteiger partial charge in [0.15, 0.2) is 0 Å². The van der Waals surface area contributed by atoms with Crippen molar-refractivity contribution in [3.8, 4) is 0 Å². The number of aromatic amines is 3. The van der Waals surface area contributed by atoms with Crippen molar-refractivity contribution >= 4 is 22.7 Å². The zero-order chi connectivity index (χ0) is 71.9. The van der Waals surface area contributed by atoms with Crippen LogP contribution in [0.15, 0.2) is 66.0 Å². The van der Waals surface area contributed by atoms with Crippen LogP contribution in [0.3, 0.4) is 0 Å². The quantitative estimate of drug-likeness (QED) is 0.0599. The molecule has 6 N–H and O–H groups in total. The van der Waals surface area contributed by atoms with E-state index in [0.29, 0.717) is 29.6 Å². The summed E-state index contributed by atoms with van der Waals surface area (Å²) in [5.74, 6) is 12.6. The minimum atomic E-state index is 0.645. The van der Waals surface area contributed by atoms with Crippen molar-refractivity contribution in [1.82, 2.24) is 86.9 Å². The smallest absolute Gasteiger partial charge is 0.137 e. The molecule has 0 atom stereocenters. The predicted octanol–water partition coefficient (Wildman–Crippen LogP) is 20.7. The van der Waals surface area contributed by atoms with E-state index in [4.69, 9.17) is 0 Å². The van der Waals surface area contributed by atoms with Crippen LogP contribution in [-0.2, 0) is 38.6 Å². The first kappa shape index (κ1) is 99.7. The molecule has 19 heteroatoms. The van der Waals surface area contributed by atoms with Gasteiger partial charge in [0, 0.05) is 47.7 Å². The third-order valence-electron chi connectivity index (χ3n) is 7.60. The molecule has 6 aromatic heterocycles. The van der Waals surface area contributed by atoms with E-state index < -0.39 is 0 Å². The number of nitrogens with one attached hydrogen (secondary N) is 6. The zero-order valence-electron chi connectivity index (χ0n) is 65.5. The number of H-pyrrole nitrogens is 3. The Bertz CT molecular complexity index is 1780. The summed E-state index contributed by atoms with van der Waals surface area (Å²) >= 11 is 3.41. The fourth-order valence-corrected chi connectivity index (χ4v) is 6.58. The van der Waals surface area contributed by atoms with Gasteiger partial charge in [0.05, 0.1) is 28.6 Å². The van der Waals surface area contributed by atoms with Gasteiger partial charge in [-0.25, -0.2) is 19.9 Å². The van der Waals surface area contributed by atoms with Crippen LogP contribution in [-0.4, -0.2) is 70.5 Å². The van der Waals surface area contributed by atoms with Crippen LogP contribution in [0.5, 0.6) is 0 Å². The first-order valence-corrected chi connectivity index (χ1v) is 36.0. The van der Waals surface area contributed by atoms with Crippen molar-refractivity contribution in [1.29, 1.82) is 0 Å². The third-order valence-corrected chi connectivity index (χ3v) is 9.03. The van der Waals surface area contributed by atoms with Crippen LogP contribution in [0, 0.1) is 82.9 Å². The van der Waals surface area contributed by atoms with Gasteiger partial charge in [-0.1, -0.05) is 242 Å². The van der Waals surface area contributed by atoms with Crippen LogP contribution in [0.1, 0.15) is 277 Å². The first-order valence-electron chi connectivity index (χ1n) is 34.2. The van der Waals surface area contributed by atoms with Gasteiger partial charge in [-0.15, -0.1) is 22.7 Å². The Kier molecular flexibility index (Phi) is 76.1. The number of hydrazine groups is 2. The van der Waals surface area contributed by atoms with E-state index in [9.17, 15) is 0 Å². The molecule has 0 amide bonds. The van der Waals surface area contributed by atoms with E-state index in [-0.39, 0.29) is 0 Å². The van der Waals surface area contributed by atoms with Crippen molar-refractivity contribution in [2.75, 3.05) is 0 Å². The van der Waals surface area contributed by atoms with Crippen LogP contribution in [0.4, 0.5) is 0 Å². The Morgan fingerprint density at radius 2 is 0.813 bits per heavy atom. The molecular formula is C72H149N17S2. The van der Waals surface area contributed by atoms with Crippen molar-refractivity contribution in [2.24, 2.45) is 82.9 Å². The van der Waals surface area contributed by atoms with Gasteiger partial charge in [-0.05, 0) is 109 Å². The predicted molar refractivity (Wildman–Crippen MR) is 401 cm³/mol. The van der Waals surface area contributed by atoms with Crippen LogP contribution in [0.2, 0.25) is 0 Å². The molecule has 0 aromatic carbocycles. The summed E-state index contributed by atoms with van der Waals surface area (Å²) in [6.07, 6.45) is 18.4. The second-order valence-electron chi connectivity index (χ2n) is 30.1. The highest BCUT2D eigenvalue weighted by atomic mass is 32.1. The highest BCUT2D eigenvalue weighted by molar-refractivity contribution is 7.09. The Hall–Kier alpha value is -4.88. The van der Waals surface area contributed by atoms with Crippen molar-refractivity contribution in [3.05, 3.63) is 93.9 Å². The minimum Gasteiger partial charge on any atom is -0.310 e. The fourth-order valence-electron chi connectivity index (χ4n) is 5.20. The summed E-state index contributed by atoms with van der Waals surface area (Å²) in [6, 6.07) is 0. The molecule has 0 saturated carbocycles. The Morgan fingerprint density at radius 1 is 0.407 bits per heavy atom. The summed E-state index contributed by atoms with van der Waals surface area (Å²) in [7, 11) is 0. The number of hydrogen-bond donors (Lipinski definition) is 6. The molecule has 0 spiro atoms. The molecule has 1 aliphatic rings. The molecule has 0 fully saturated rings. The Labute approximate surface area is 570 Å². The summed E-state index contributed by atoms with van der Waals surface area (Å²) < 4.78 is 1.84. The van der Waals surface area contributed by atoms with Gasteiger partial charge in [0.25, 0.3) is 0 Å². The Morgan fingerprint density at radius 3 is 1.08 bits per heavy atom. The third kappa shape index (κ3) is 113.